The monoisotopic (exact) mass is 310 g/mol. The van der Waals surface area contributed by atoms with Gasteiger partial charge in [-0.05, 0) is 29.9 Å². The topological polar surface area (TPSA) is 29.5 Å². The molecule has 0 amide bonds. The molecule has 0 saturated heterocycles. The number of aliphatic hydroxyl groups is 1. The van der Waals surface area contributed by atoms with Crippen LogP contribution in [-0.2, 0) is 4.74 Å². The Morgan fingerprint density at radius 3 is 2.24 bits per heavy atom. The molecule has 6 heteroatoms. The predicted octanol–water partition coefficient (Wildman–Crippen LogP) is 4.65. The molecule has 122 valence electrons. The van der Waals surface area contributed by atoms with Crippen molar-refractivity contribution in [2.75, 3.05) is 7.11 Å². The van der Waals surface area contributed by atoms with Crippen LogP contribution in [0.15, 0.2) is 23.2 Å². The van der Waals surface area contributed by atoms with Gasteiger partial charge in [0.15, 0.2) is 5.60 Å². The van der Waals surface area contributed by atoms with E-state index in [1.54, 1.807) is 13.8 Å². The first kappa shape index (κ1) is 18.0. The molecule has 0 fully saturated rings. The van der Waals surface area contributed by atoms with Crippen molar-refractivity contribution in [1.82, 2.24) is 0 Å². The van der Waals surface area contributed by atoms with E-state index in [4.69, 9.17) is 4.74 Å². The predicted molar refractivity (Wildman–Crippen MR) is 72.2 cm³/mol. The third-order valence-electron chi connectivity index (χ3n) is 4.01. The standard InChI is InChI=1S/C15H22F4O2/c1-5-14(20,15(17,18)19)9-13(2,3)11-8-10(16)6-7-12(11)21-4/h8,20H,5-7,9H2,1-4H3. The molecule has 0 bridgehead atoms. The highest BCUT2D eigenvalue weighted by atomic mass is 19.4. The van der Waals surface area contributed by atoms with Crippen molar-refractivity contribution in [2.24, 2.45) is 5.41 Å². The first-order valence-electron chi connectivity index (χ1n) is 6.89. The summed E-state index contributed by atoms with van der Waals surface area (Å²) in [5.41, 5.74) is -3.49. The van der Waals surface area contributed by atoms with Crippen LogP contribution in [0.2, 0.25) is 0 Å². The van der Waals surface area contributed by atoms with Crippen LogP contribution < -0.4 is 0 Å². The van der Waals surface area contributed by atoms with Crippen molar-refractivity contribution < 1.29 is 27.4 Å². The van der Waals surface area contributed by atoms with Crippen molar-refractivity contribution in [3.8, 4) is 0 Å². The molecule has 2 nitrogen and oxygen atoms in total. The molecule has 0 saturated carbocycles. The van der Waals surface area contributed by atoms with Gasteiger partial charge in [0.05, 0.1) is 12.9 Å². The average molecular weight is 310 g/mol. The molecule has 0 radical (unpaired) electrons. The molecular weight excluding hydrogens is 288 g/mol. The highest BCUT2D eigenvalue weighted by molar-refractivity contribution is 5.34. The van der Waals surface area contributed by atoms with E-state index in [0.29, 0.717) is 17.8 Å². The van der Waals surface area contributed by atoms with Gasteiger partial charge in [-0.15, -0.1) is 0 Å². The van der Waals surface area contributed by atoms with Crippen LogP contribution in [0.25, 0.3) is 0 Å². The number of hydrogen-bond acceptors (Lipinski definition) is 2. The zero-order valence-corrected chi connectivity index (χ0v) is 12.8. The van der Waals surface area contributed by atoms with Crippen LogP contribution in [0.4, 0.5) is 17.6 Å². The maximum Gasteiger partial charge on any atom is 0.417 e. The summed E-state index contributed by atoms with van der Waals surface area (Å²) in [6.07, 6.45) is -4.01. The normalized spacial score (nSPS) is 20.1. The highest BCUT2D eigenvalue weighted by Crippen LogP contribution is 2.47. The lowest BCUT2D eigenvalue weighted by atomic mass is 9.72. The molecule has 0 aromatic carbocycles. The number of rotatable bonds is 5. The molecule has 1 rings (SSSR count). The Balaban J connectivity index is 3.18. The Hall–Kier alpha value is -1.04. The largest absolute Gasteiger partial charge is 0.501 e. The molecule has 0 heterocycles. The van der Waals surface area contributed by atoms with Gasteiger partial charge in [0.25, 0.3) is 0 Å². The molecule has 1 atom stereocenters. The fourth-order valence-electron chi connectivity index (χ4n) is 2.71. The summed E-state index contributed by atoms with van der Waals surface area (Å²) in [6, 6.07) is 0. The summed E-state index contributed by atoms with van der Waals surface area (Å²) in [5.74, 6) is 0.0907. The van der Waals surface area contributed by atoms with E-state index in [9.17, 15) is 22.7 Å². The molecule has 1 aliphatic carbocycles. The Morgan fingerprint density at radius 2 is 1.81 bits per heavy atom. The van der Waals surface area contributed by atoms with E-state index in [1.165, 1.54) is 20.1 Å². The summed E-state index contributed by atoms with van der Waals surface area (Å²) in [6.45, 7) is 4.40. The van der Waals surface area contributed by atoms with Gasteiger partial charge in [0, 0.05) is 12.8 Å². The van der Waals surface area contributed by atoms with Gasteiger partial charge in [-0.25, -0.2) is 4.39 Å². The maximum absolute atomic E-state index is 13.5. The number of allylic oxidation sites excluding steroid dienone is 4. The maximum atomic E-state index is 13.5. The van der Waals surface area contributed by atoms with Crippen LogP contribution in [0.3, 0.4) is 0 Å². The van der Waals surface area contributed by atoms with E-state index >= 15 is 0 Å². The number of alkyl halides is 3. The average Bonchev–Trinajstić information content (AvgIpc) is 2.36. The summed E-state index contributed by atoms with van der Waals surface area (Å²) in [7, 11) is 1.41. The van der Waals surface area contributed by atoms with Gasteiger partial charge in [0.1, 0.15) is 5.83 Å². The van der Waals surface area contributed by atoms with E-state index in [-0.39, 0.29) is 12.2 Å². The van der Waals surface area contributed by atoms with Crippen LogP contribution in [-0.4, -0.2) is 24.0 Å². The minimum absolute atomic E-state index is 0.181. The van der Waals surface area contributed by atoms with E-state index in [2.05, 4.69) is 0 Å². The van der Waals surface area contributed by atoms with Gasteiger partial charge >= 0.3 is 6.18 Å². The Bertz CT molecular complexity index is 449. The van der Waals surface area contributed by atoms with E-state index < -0.39 is 30.0 Å². The van der Waals surface area contributed by atoms with Gasteiger partial charge in [-0.2, -0.15) is 13.2 Å². The number of halogens is 4. The minimum Gasteiger partial charge on any atom is -0.501 e. The SMILES string of the molecule is CCC(O)(CC(C)(C)C1=C(OC)CCC(F)=C1)C(F)(F)F. The van der Waals surface area contributed by atoms with Crippen molar-refractivity contribution in [3.63, 3.8) is 0 Å². The van der Waals surface area contributed by atoms with Crippen LogP contribution in [0.5, 0.6) is 0 Å². The third-order valence-corrected chi connectivity index (χ3v) is 4.01. The first-order valence-corrected chi connectivity index (χ1v) is 6.89. The molecule has 21 heavy (non-hydrogen) atoms. The van der Waals surface area contributed by atoms with Crippen molar-refractivity contribution >= 4 is 0 Å². The zero-order chi connectivity index (χ0) is 16.5. The second kappa shape index (κ2) is 5.99. The Kier molecular flexibility index (Phi) is 5.13. The second-order valence-corrected chi connectivity index (χ2v) is 6.08. The second-order valence-electron chi connectivity index (χ2n) is 6.08. The molecule has 1 unspecified atom stereocenters. The van der Waals surface area contributed by atoms with Crippen LogP contribution in [0.1, 0.15) is 46.5 Å². The molecule has 0 aromatic rings. The van der Waals surface area contributed by atoms with E-state index in [1.807, 2.05) is 0 Å². The van der Waals surface area contributed by atoms with Crippen molar-refractivity contribution in [2.45, 2.75) is 58.2 Å². The lowest BCUT2D eigenvalue weighted by molar-refractivity contribution is -0.269. The quantitative estimate of drug-likeness (QED) is 0.749. The zero-order valence-electron chi connectivity index (χ0n) is 12.8. The Labute approximate surface area is 122 Å². The van der Waals surface area contributed by atoms with Gasteiger partial charge in [0.2, 0.25) is 0 Å². The lowest BCUT2D eigenvalue weighted by Crippen LogP contribution is -2.48. The molecule has 1 aliphatic rings. The third kappa shape index (κ3) is 3.78. The minimum atomic E-state index is -4.73. The van der Waals surface area contributed by atoms with Crippen molar-refractivity contribution in [3.05, 3.63) is 23.2 Å². The molecule has 0 spiro atoms. The lowest BCUT2D eigenvalue weighted by Gasteiger charge is -2.39. The molecule has 0 aliphatic heterocycles. The Morgan fingerprint density at radius 1 is 1.24 bits per heavy atom. The summed E-state index contributed by atoms with van der Waals surface area (Å²) in [4.78, 5) is 0. The van der Waals surface area contributed by atoms with Crippen molar-refractivity contribution in [1.29, 1.82) is 0 Å². The number of ether oxygens (including phenoxy) is 1. The first-order chi connectivity index (χ1) is 9.47. The summed E-state index contributed by atoms with van der Waals surface area (Å²) in [5, 5.41) is 9.94. The fraction of sp³-hybridized carbons (Fsp3) is 0.733. The van der Waals surface area contributed by atoms with Crippen LogP contribution >= 0.6 is 0 Å². The highest BCUT2D eigenvalue weighted by Gasteiger charge is 2.55. The molecule has 1 N–H and O–H groups in total. The van der Waals surface area contributed by atoms with Crippen LogP contribution in [0, 0.1) is 5.41 Å². The number of methoxy groups -OCH3 is 1. The van der Waals surface area contributed by atoms with E-state index in [0.717, 1.165) is 0 Å². The fourth-order valence-corrected chi connectivity index (χ4v) is 2.71. The van der Waals surface area contributed by atoms with Gasteiger partial charge in [-0.3, -0.25) is 0 Å². The van der Waals surface area contributed by atoms with Gasteiger partial charge in [-0.1, -0.05) is 20.8 Å². The number of hydrogen-bond donors (Lipinski definition) is 1. The summed E-state index contributed by atoms with van der Waals surface area (Å²) >= 11 is 0. The smallest absolute Gasteiger partial charge is 0.417 e. The molecular formula is C15H22F4O2. The summed E-state index contributed by atoms with van der Waals surface area (Å²) < 4.78 is 57.9. The van der Waals surface area contributed by atoms with Gasteiger partial charge < -0.3 is 9.84 Å². The molecule has 0 aromatic heterocycles.